The number of benzene rings is 1. The summed E-state index contributed by atoms with van der Waals surface area (Å²) in [6.45, 7) is 7.48. The molecule has 0 aliphatic carbocycles. The van der Waals surface area contributed by atoms with E-state index in [2.05, 4.69) is 6.07 Å². The fourth-order valence-corrected chi connectivity index (χ4v) is 1.18. The predicted molar refractivity (Wildman–Crippen MR) is 61.6 cm³/mol. The van der Waals surface area contributed by atoms with E-state index in [1.54, 1.807) is 18.2 Å². The quantitative estimate of drug-likeness (QED) is 0.733. The molecule has 0 unspecified atom stereocenters. The van der Waals surface area contributed by atoms with Crippen molar-refractivity contribution in [1.82, 2.24) is 0 Å². The molecule has 0 saturated heterocycles. The molecule has 0 spiro atoms. The van der Waals surface area contributed by atoms with Crippen LogP contribution in [-0.4, -0.2) is 18.2 Å². The molecule has 0 aliphatic heterocycles. The third-order valence-electron chi connectivity index (χ3n) is 1.72. The molecule has 0 aliphatic rings. The smallest absolute Gasteiger partial charge is 0.338 e. The van der Waals surface area contributed by atoms with E-state index >= 15 is 0 Å². The van der Waals surface area contributed by atoms with Crippen molar-refractivity contribution in [3.8, 4) is 5.75 Å². The summed E-state index contributed by atoms with van der Waals surface area (Å²) in [7, 11) is 0. The van der Waals surface area contributed by atoms with Gasteiger partial charge in [-0.05, 0) is 45.9 Å². The molecule has 3 heteroatoms. The van der Waals surface area contributed by atoms with Crippen LogP contribution in [0.1, 0.15) is 38.1 Å². The number of carbonyl (C=O) groups is 1. The van der Waals surface area contributed by atoms with Gasteiger partial charge in [-0.15, -0.1) is 0 Å². The highest BCUT2D eigenvalue weighted by molar-refractivity contribution is 5.89. The molecular formula is C13H17O3. The first kappa shape index (κ1) is 12.6. The lowest BCUT2D eigenvalue weighted by molar-refractivity contribution is 0.0377. The van der Waals surface area contributed by atoms with Crippen molar-refractivity contribution in [2.45, 2.75) is 39.9 Å². The summed E-state index contributed by atoms with van der Waals surface area (Å²) in [6, 6.07) is 7.89. The summed E-state index contributed by atoms with van der Waals surface area (Å²) in [5.41, 5.74) is 0.489. The Morgan fingerprint density at radius 1 is 1.25 bits per heavy atom. The molecule has 0 fully saturated rings. The number of ether oxygens (including phenoxy) is 2. The summed E-state index contributed by atoms with van der Waals surface area (Å²) in [6.07, 6.45) is -0.0567. The van der Waals surface area contributed by atoms with Crippen LogP contribution in [0.2, 0.25) is 0 Å². The maximum Gasteiger partial charge on any atom is 0.338 e. The van der Waals surface area contributed by atoms with Crippen molar-refractivity contribution < 1.29 is 14.3 Å². The first-order valence-electron chi connectivity index (χ1n) is 5.38. The van der Waals surface area contributed by atoms with Gasteiger partial charge in [0.15, 0.2) is 0 Å². The summed E-state index contributed by atoms with van der Waals surface area (Å²) in [5.74, 6) is 0.228. The Kier molecular flexibility index (Phi) is 4.35. The Balaban J connectivity index is 2.77. The zero-order valence-corrected chi connectivity index (χ0v) is 10.1. The Morgan fingerprint density at radius 2 is 1.94 bits per heavy atom. The second-order valence-electron chi connectivity index (χ2n) is 4.06. The molecule has 0 bridgehead atoms. The van der Waals surface area contributed by atoms with E-state index in [1.807, 2.05) is 27.7 Å². The second-order valence-corrected chi connectivity index (χ2v) is 4.06. The SMILES string of the molecule is CC(C)OC(=O)c1cc[c]c(OC(C)C)c1. The van der Waals surface area contributed by atoms with Gasteiger partial charge in [0.25, 0.3) is 0 Å². The summed E-state index contributed by atoms with van der Waals surface area (Å²) in [5, 5.41) is 0. The van der Waals surface area contributed by atoms with Crippen molar-refractivity contribution >= 4 is 5.97 Å². The molecular weight excluding hydrogens is 204 g/mol. The topological polar surface area (TPSA) is 35.5 Å². The highest BCUT2D eigenvalue weighted by atomic mass is 16.5. The molecule has 1 radical (unpaired) electrons. The summed E-state index contributed by atoms with van der Waals surface area (Å²) >= 11 is 0. The minimum Gasteiger partial charge on any atom is -0.490 e. The van der Waals surface area contributed by atoms with Crippen LogP contribution in [0.15, 0.2) is 18.2 Å². The number of rotatable bonds is 4. The van der Waals surface area contributed by atoms with E-state index in [9.17, 15) is 4.79 Å². The Hall–Kier alpha value is -1.51. The van der Waals surface area contributed by atoms with Crippen LogP contribution >= 0.6 is 0 Å². The predicted octanol–water partition coefficient (Wildman–Crippen LogP) is 2.84. The molecule has 16 heavy (non-hydrogen) atoms. The van der Waals surface area contributed by atoms with Gasteiger partial charge in [-0.1, -0.05) is 0 Å². The molecule has 0 aromatic heterocycles. The van der Waals surface area contributed by atoms with Crippen molar-refractivity contribution in [3.63, 3.8) is 0 Å². The largest absolute Gasteiger partial charge is 0.490 e. The Morgan fingerprint density at radius 3 is 2.50 bits per heavy atom. The van der Waals surface area contributed by atoms with Crippen molar-refractivity contribution in [2.24, 2.45) is 0 Å². The highest BCUT2D eigenvalue weighted by Gasteiger charge is 2.10. The molecule has 1 rings (SSSR count). The lowest BCUT2D eigenvalue weighted by atomic mass is 10.2. The lowest BCUT2D eigenvalue weighted by Gasteiger charge is -2.11. The molecule has 87 valence electrons. The standard InChI is InChI=1S/C13H17O3/c1-9(2)15-12-7-5-6-11(8-12)13(14)16-10(3)4/h5-6,8-10H,1-4H3. The maximum atomic E-state index is 11.6. The normalized spacial score (nSPS) is 10.6. The molecule has 0 heterocycles. The summed E-state index contributed by atoms with van der Waals surface area (Å²) in [4.78, 5) is 11.6. The lowest BCUT2D eigenvalue weighted by Crippen LogP contribution is -2.12. The highest BCUT2D eigenvalue weighted by Crippen LogP contribution is 2.15. The van der Waals surface area contributed by atoms with Gasteiger partial charge < -0.3 is 9.47 Å². The number of hydrogen-bond acceptors (Lipinski definition) is 3. The number of hydrogen-bond donors (Lipinski definition) is 0. The average molecular weight is 221 g/mol. The fraction of sp³-hybridized carbons (Fsp3) is 0.462. The van der Waals surface area contributed by atoms with E-state index in [4.69, 9.17) is 9.47 Å². The first-order valence-corrected chi connectivity index (χ1v) is 5.38. The van der Waals surface area contributed by atoms with Crippen LogP contribution in [0.25, 0.3) is 0 Å². The van der Waals surface area contributed by atoms with Crippen LogP contribution in [-0.2, 0) is 4.74 Å². The van der Waals surface area contributed by atoms with Crippen LogP contribution in [0.3, 0.4) is 0 Å². The molecule has 1 aromatic carbocycles. The molecule has 0 saturated carbocycles. The third kappa shape index (κ3) is 3.93. The van der Waals surface area contributed by atoms with Crippen molar-refractivity contribution in [3.05, 3.63) is 29.8 Å². The maximum absolute atomic E-state index is 11.6. The van der Waals surface area contributed by atoms with Gasteiger partial charge in [0.1, 0.15) is 5.75 Å². The fourth-order valence-electron chi connectivity index (χ4n) is 1.18. The summed E-state index contributed by atoms with van der Waals surface area (Å²) < 4.78 is 10.5. The van der Waals surface area contributed by atoms with E-state index < -0.39 is 0 Å². The van der Waals surface area contributed by atoms with Crippen LogP contribution in [0.5, 0.6) is 5.75 Å². The van der Waals surface area contributed by atoms with Crippen LogP contribution < -0.4 is 4.74 Å². The van der Waals surface area contributed by atoms with Crippen molar-refractivity contribution in [2.75, 3.05) is 0 Å². The van der Waals surface area contributed by atoms with Gasteiger partial charge in [-0.3, -0.25) is 0 Å². The van der Waals surface area contributed by atoms with Crippen LogP contribution in [0, 0.1) is 6.07 Å². The van der Waals surface area contributed by atoms with Gasteiger partial charge in [0, 0.05) is 6.07 Å². The monoisotopic (exact) mass is 221 g/mol. The number of carbonyl (C=O) groups excluding carboxylic acids is 1. The zero-order chi connectivity index (χ0) is 12.1. The van der Waals surface area contributed by atoms with E-state index in [0.29, 0.717) is 11.3 Å². The molecule has 0 N–H and O–H groups in total. The molecule has 3 nitrogen and oxygen atoms in total. The van der Waals surface area contributed by atoms with Gasteiger partial charge in [0.2, 0.25) is 0 Å². The van der Waals surface area contributed by atoms with Crippen molar-refractivity contribution in [1.29, 1.82) is 0 Å². The third-order valence-corrected chi connectivity index (χ3v) is 1.72. The van der Waals surface area contributed by atoms with E-state index in [-0.39, 0.29) is 18.2 Å². The van der Waals surface area contributed by atoms with E-state index in [1.165, 1.54) is 0 Å². The molecule has 0 amide bonds. The molecule has 1 aromatic rings. The van der Waals surface area contributed by atoms with Gasteiger partial charge in [-0.2, -0.15) is 0 Å². The molecule has 0 atom stereocenters. The second kappa shape index (κ2) is 5.54. The van der Waals surface area contributed by atoms with Gasteiger partial charge >= 0.3 is 5.97 Å². The average Bonchev–Trinajstić information content (AvgIpc) is 2.16. The van der Waals surface area contributed by atoms with Gasteiger partial charge in [0.05, 0.1) is 17.8 Å². The van der Waals surface area contributed by atoms with Gasteiger partial charge in [-0.25, -0.2) is 4.79 Å². The van der Waals surface area contributed by atoms with E-state index in [0.717, 1.165) is 0 Å². The minimum absolute atomic E-state index is 0.0626. The zero-order valence-electron chi connectivity index (χ0n) is 10.1. The minimum atomic E-state index is -0.336. The Bertz CT molecular complexity index is 356. The number of esters is 1. The first-order chi connectivity index (χ1) is 7.49. The van der Waals surface area contributed by atoms with Crippen LogP contribution in [0.4, 0.5) is 0 Å². The Labute approximate surface area is 96.4 Å².